The van der Waals surface area contributed by atoms with Crippen LogP contribution in [0, 0.1) is 0 Å². The molecule has 0 amide bonds. The number of hydrogen-bond acceptors (Lipinski definition) is 5. The second-order valence-electron chi connectivity index (χ2n) is 5.74. The summed E-state index contributed by atoms with van der Waals surface area (Å²) in [6.45, 7) is 0.615. The lowest BCUT2D eigenvalue weighted by Crippen LogP contribution is -2.02. The number of pyridine rings is 1. The van der Waals surface area contributed by atoms with Crippen LogP contribution in [0.3, 0.4) is 0 Å². The van der Waals surface area contributed by atoms with Gasteiger partial charge in [-0.05, 0) is 30.3 Å². The number of anilines is 1. The Hall–Kier alpha value is -3.61. The normalized spacial score (nSPS) is 10.7. The molecule has 1 aromatic carbocycles. The fourth-order valence-electron chi connectivity index (χ4n) is 2.68. The van der Waals surface area contributed by atoms with Gasteiger partial charge in [-0.25, -0.2) is 4.68 Å². The fourth-order valence-corrected chi connectivity index (χ4v) is 2.68. The minimum Gasteiger partial charge on any atom is -0.497 e. The molecular weight excluding hydrogens is 328 g/mol. The van der Waals surface area contributed by atoms with E-state index in [0.29, 0.717) is 6.54 Å². The standard InChI is InChI=1S/C19H18N6O/c1-26-18-10-15(9-17(12-18)25-8-2-5-22-25)21-13-16-11-19(24-23-16)14-3-6-20-7-4-14/h2-12,21H,13H2,1H3,(H,23,24). The monoisotopic (exact) mass is 346 g/mol. The SMILES string of the molecule is COc1cc(NCc2cc(-c3ccncc3)n[nH]2)cc(-n2cccn2)c1. The molecule has 0 aliphatic heterocycles. The van der Waals surface area contributed by atoms with Crippen LogP contribution in [0.1, 0.15) is 5.69 Å². The number of rotatable bonds is 6. The molecule has 0 saturated heterocycles. The number of aromatic nitrogens is 5. The van der Waals surface area contributed by atoms with Crippen LogP contribution >= 0.6 is 0 Å². The quantitative estimate of drug-likeness (QED) is 0.560. The number of hydrogen-bond donors (Lipinski definition) is 2. The van der Waals surface area contributed by atoms with Gasteiger partial charge in [-0.15, -0.1) is 0 Å². The van der Waals surface area contributed by atoms with Crippen molar-refractivity contribution in [3.63, 3.8) is 0 Å². The molecular formula is C19H18N6O. The number of ether oxygens (including phenoxy) is 1. The van der Waals surface area contributed by atoms with Crippen molar-refractivity contribution >= 4 is 5.69 Å². The molecule has 0 atom stereocenters. The van der Waals surface area contributed by atoms with Gasteiger partial charge in [0.25, 0.3) is 0 Å². The number of H-pyrrole nitrogens is 1. The third-order valence-corrected chi connectivity index (χ3v) is 3.99. The van der Waals surface area contributed by atoms with Crippen LogP contribution in [-0.2, 0) is 6.54 Å². The molecule has 0 aliphatic carbocycles. The Morgan fingerprint density at radius 1 is 1.12 bits per heavy atom. The summed E-state index contributed by atoms with van der Waals surface area (Å²) in [7, 11) is 1.65. The Kier molecular flexibility index (Phi) is 4.34. The van der Waals surface area contributed by atoms with E-state index in [2.05, 4.69) is 25.6 Å². The molecule has 0 saturated carbocycles. The Morgan fingerprint density at radius 2 is 2.00 bits per heavy atom. The number of nitrogens with one attached hydrogen (secondary N) is 2. The average molecular weight is 346 g/mol. The zero-order valence-corrected chi connectivity index (χ0v) is 14.3. The first-order chi connectivity index (χ1) is 12.8. The lowest BCUT2D eigenvalue weighted by atomic mass is 10.2. The van der Waals surface area contributed by atoms with Crippen molar-refractivity contribution < 1.29 is 4.74 Å². The summed E-state index contributed by atoms with van der Waals surface area (Å²) in [5, 5.41) is 15.1. The molecule has 2 N–H and O–H groups in total. The van der Waals surface area contributed by atoms with E-state index < -0.39 is 0 Å². The number of nitrogens with zero attached hydrogens (tertiary/aromatic N) is 4. The van der Waals surface area contributed by atoms with E-state index in [1.54, 1.807) is 30.4 Å². The zero-order valence-electron chi connectivity index (χ0n) is 14.3. The van der Waals surface area contributed by atoms with E-state index in [9.17, 15) is 0 Å². The summed E-state index contributed by atoms with van der Waals surface area (Å²) < 4.78 is 7.20. The maximum Gasteiger partial charge on any atom is 0.123 e. The highest BCUT2D eigenvalue weighted by molar-refractivity contribution is 5.59. The van der Waals surface area contributed by atoms with Gasteiger partial charge in [0.2, 0.25) is 0 Å². The number of methoxy groups -OCH3 is 1. The van der Waals surface area contributed by atoms with Crippen molar-refractivity contribution in [1.29, 1.82) is 0 Å². The average Bonchev–Trinajstić information content (AvgIpc) is 3.39. The highest BCUT2D eigenvalue weighted by atomic mass is 16.5. The van der Waals surface area contributed by atoms with Crippen LogP contribution in [0.4, 0.5) is 5.69 Å². The summed E-state index contributed by atoms with van der Waals surface area (Å²) in [6, 6.07) is 13.7. The molecule has 3 heterocycles. The van der Waals surface area contributed by atoms with Gasteiger partial charge in [0.1, 0.15) is 5.75 Å². The maximum atomic E-state index is 5.40. The highest BCUT2D eigenvalue weighted by Gasteiger charge is 2.06. The van der Waals surface area contributed by atoms with Crippen LogP contribution in [0.5, 0.6) is 5.75 Å². The van der Waals surface area contributed by atoms with Gasteiger partial charge in [0.15, 0.2) is 0 Å². The van der Waals surface area contributed by atoms with E-state index in [-0.39, 0.29) is 0 Å². The molecule has 0 bridgehead atoms. The highest BCUT2D eigenvalue weighted by Crippen LogP contribution is 2.24. The molecule has 0 fully saturated rings. The molecule has 3 aromatic heterocycles. The first-order valence-corrected chi connectivity index (χ1v) is 8.19. The summed E-state index contributed by atoms with van der Waals surface area (Å²) in [5.74, 6) is 0.766. The van der Waals surface area contributed by atoms with Gasteiger partial charge in [-0.1, -0.05) is 0 Å². The molecule has 7 heteroatoms. The molecule has 0 unspecified atom stereocenters. The Bertz CT molecular complexity index is 978. The molecule has 26 heavy (non-hydrogen) atoms. The van der Waals surface area contributed by atoms with Crippen LogP contribution in [0.25, 0.3) is 16.9 Å². The Morgan fingerprint density at radius 3 is 2.77 bits per heavy atom. The van der Waals surface area contributed by atoms with Crippen molar-refractivity contribution in [3.8, 4) is 22.7 Å². The van der Waals surface area contributed by atoms with Crippen molar-refractivity contribution in [2.45, 2.75) is 6.54 Å². The summed E-state index contributed by atoms with van der Waals surface area (Å²) >= 11 is 0. The third-order valence-electron chi connectivity index (χ3n) is 3.99. The largest absolute Gasteiger partial charge is 0.497 e. The Balaban J connectivity index is 1.51. The van der Waals surface area contributed by atoms with Crippen molar-refractivity contribution in [1.82, 2.24) is 25.0 Å². The summed E-state index contributed by atoms with van der Waals surface area (Å²) in [5.41, 5.74) is 4.78. The number of aromatic amines is 1. The molecule has 4 rings (SSSR count). The van der Waals surface area contributed by atoms with E-state index in [4.69, 9.17) is 4.74 Å². The molecule has 0 aliphatic rings. The van der Waals surface area contributed by atoms with Gasteiger partial charge in [-0.3, -0.25) is 10.1 Å². The zero-order chi connectivity index (χ0) is 17.8. The van der Waals surface area contributed by atoms with Crippen LogP contribution in [-0.4, -0.2) is 32.1 Å². The van der Waals surface area contributed by atoms with E-state index >= 15 is 0 Å². The second kappa shape index (κ2) is 7.10. The lowest BCUT2D eigenvalue weighted by Gasteiger charge is -2.10. The first kappa shape index (κ1) is 15.9. The molecule has 7 nitrogen and oxygen atoms in total. The summed E-state index contributed by atoms with van der Waals surface area (Å²) in [6.07, 6.45) is 7.16. The van der Waals surface area contributed by atoms with Gasteiger partial charge in [-0.2, -0.15) is 10.2 Å². The lowest BCUT2D eigenvalue weighted by molar-refractivity contribution is 0.414. The molecule has 0 radical (unpaired) electrons. The second-order valence-corrected chi connectivity index (χ2v) is 5.74. The van der Waals surface area contributed by atoms with Crippen LogP contribution in [0.15, 0.2) is 67.3 Å². The molecule has 4 aromatic rings. The van der Waals surface area contributed by atoms with Crippen molar-refractivity contribution in [2.24, 2.45) is 0 Å². The predicted molar refractivity (Wildman–Crippen MR) is 99.3 cm³/mol. The topological polar surface area (TPSA) is 80.6 Å². The van der Waals surface area contributed by atoms with E-state index in [1.807, 2.05) is 48.7 Å². The van der Waals surface area contributed by atoms with E-state index in [0.717, 1.165) is 34.1 Å². The molecule has 0 spiro atoms. The van der Waals surface area contributed by atoms with Gasteiger partial charge >= 0.3 is 0 Å². The van der Waals surface area contributed by atoms with Gasteiger partial charge in [0, 0.05) is 48.2 Å². The minimum absolute atomic E-state index is 0.615. The van der Waals surface area contributed by atoms with Crippen molar-refractivity contribution in [3.05, 3.63) is 72.9 Å². The van der Waals surface area contributed by atoms with Crippen LogP contribution < -0.4 is 10.1 Å². The summed E-state index contributed by atoms with van der Waals surface area (Å²) in [4.78, 5) is 4.03. The van der Waals surface area contributed by atoms with Gasteiger partial charge < -0.3 is 10.1 Å². The minimum atomic E-state index is 0.615. The maximum absolute atomic E-state index is 5.40. The number of benzene rings is 1. The smallest absolute Gasteiger partial charge is 0.123 e. The Labute approximate surface area is 150 Å². The third kappa shape index (κ3) is 3.41. The van der Waals surface area contributed by atoms with Crippen molar-refractivity contribution in [2.75, 3.05) is 12.4 Å². The van der Waals surface area contributed by atoms with E-state index in [1.165, 1.54) is 0 Å². The predicted octanol–water partition coefficient (Wildman–Crippen LogP) is 3.28. The fraction of sp³-hybridized carbons (Fsp3) is 0.105. The first-order valence-electron chi connectivity index (χ1n) is 8.19. The van der Waals surface area contributed by atoms with Gasteiger partial charge in [0.05, 0.1) is 30.7 Å². The van der Waals surface area contributed by atoms with Crippen LogP contribution in [0.2, 0.25) is 0 Å². The molecule has 130 valence electrons.